The average molecular weight is 269 g/mol. The Labute approximate surface area is 116 Å². The van der Waals surface area contributed by atoms with Crippen LogP contribution in [0, 0.1) is 5.92 Å². The van der Waals surface area contributed by atoms with E-state index in [9.17, 15) is 0 Å². The van der Waals surface area contributed by atoms with Gasteiger partial charge in [0.05, 0.1) is 5.69 Å². The minimum absolute atomic E-state index is 0.383. The molecule has 0 radical (unpaired) electrons. The maximum absolute atomic E-state index is 6.33. The van der Waals surface area contributed by atoms with E-state index in [1.807, 2.05) is 0 Å². The fourth-order valence-corrected chi connectivity index (χ4v) is 3.20. The van der Waals surface area contributed by atoms with Crippen LogP contribution < -0.4 is 0 Å². The van der Waals surface area contributed by atoms with E-state index in [1.165, 1.54) is 31.4 Å². The zero-order valence-corrected chi connectivity index (χ0v) is 12.4. The van der Waals surface area contributed by atoms with E-state index in [-0.39, 0.29) is 0 Å². The summed E-state index contributed by atoms with van der Waals surface area (Å²) in [6.45, 7) is 4.42. The molecule has 1 saturated carbocycles. The number of aromatic nitrogens is 2. The summed E-state index contributed by atoms with van der Waals surface area (Å²) in [6, 6.07) is 2.69. The Kier molecular flexibility index (Phi) is 5.11. The monoisotopic (exact) mass is 268 g/mol. The lowest BCUT2D eigenvalue weighted by Crippen LogP contribution is -2.10. The average Bonchev–Trinajstić information content (AvgIpc) is 2.72. The zero-order valence-electron chi connectivity index (χ0n) is 11.6. The number of hydrogen-bond donors (Lipinski definition) is 0. The van der Waals surface area contributed by atoms with Gasteiger partial charge in [-0.05, 0) is 44.6 Å². The van der Waals surface area contributed by atoms with E-state index in [4.69, 9.17) is 16.7 Å². The number of rotatable bonds is 4. The molecule has 0 aliphatic heterocycles. The largest absolute Gasteiger partial charge is 0.270 e. The summed E-state index contributed by atoms with van der Waals surface area (Å²) in [6.07, 6.45) is 10.7. The number of halogens is 1. The van der Waals surface area contributed by atoms with Crippen LogP contribution in [0.3, 0.4) is 0 Å². The van der Waals surface area contributed by atoms with Gasteiger partial charge in [0.15, 0.2) is 0 Å². The van der Waals surface area contributed by atoms with Crippen LogP contribution >= 0.6 is 11.6 Å². The van der Waals surface area contributed by atoms with Crippen LogP contribution in [0.15, 0.2) is 12.3 Å². The molecule has 1 aliphatic rings. The molecule has 0 bridgehead atoms. The van der Waals surface area contributed by atoms with Crippen LogP contribution in [-0.2, 0) is 6.42 Å². The van der Waals surface area contributed by atoms with E-state index in [2.05, 4.69) is 30.8 Å². The van der Waals surface area contributed by atoms with Gasteiger partial charge in [0.2, 0.25) is 0 Å². The normalized spacial score (nSPS) is 26.8. The molecule has 1 fully saturated rings. The molecule has 3 unspecified atom stereocenters. The van der Waals surface area contributed by atoms with Crippen LogP contribution in [0.5, 0.6) is 0 Å². The summed E-state index contributed by atoms with van der Waals surface area (Å²) in [5.41, 5.74) is 1.24. The molecule has 0 aromatic carbocycles. The fourth-order valence-electron chi connectivity index (χ4n) is 2.80. The second-order valence-electron chi connectivity index (χ2n) is 5.73. The van der Waals surface area contributed by atoms with Crippen LogP contribution in [0.2, 0.25) is 0 Å². The van der Waals surface area contributed by atoms with E-state index < -0.39 is 0 Å². The zero-order chi connectivity index (χ0) is 13.0. The Morgan fingerprint density at radius 1 is 1.44 bits per heavy atom. The molecule has 102 valence electrons. The second kappa shape index (κ2) is 6.60. The first-order valence-corrected chi connectivity index (χ1v) is 7.80. The molecule has 1 aromatic heterocycles. The number of alkyl halides is 1. The third-order valence-electron chi connectivity index (χ3n) is 4.17. The Morgan fingerprint density at radius 2 is 2.22 bits per heavy atom. The molecule has 1 aliphatic carbocycles. The standard InChI is InChI=1S/C15H25ClN2/c1-3-12(2)18-9-8-15(17-18)11-13-6-4-5-7-14(16)10-13/h8-9,12-14H,3-7,10-11H2,1-2H3. The van der Waals surface area contributed by atoms with Crippen molar-refractivity contribution in [3.05, 3.63) is 18.0 Å². The van der Waals surface area contributed by atoms with Crippen molar-refractivity contribution in [2.75, 3.05) is 0 Å². The lowest BCUT2D eigenvalue weighted by Gasteiger charge is -2.14. The minimum Gasteiger partial charge on any atom is -0.270 e. The Morgan fingerprint density at radius 3 is 3.00 bits per heavy atom. The molecule has 18 heavy (non-hydrogen) atoms. The molecule has 0 N–H and O–H groups in total. The highest BCUT2D eigenvalue weighted by Crippen LogP contribution is 2.28. The summed E-state index contributed by atoms with van der Waals surface area (Å²) in [4.78, 5) is 0. The van der Waals surface area contributed by atoms with E-state index in [0.29, 0.717) is 11.4 Å². The van der Waals surface area contributed by atoms with E-state index >= 15 is 0 Å². The predicted octanol–water partition coefficient (Wildman–Crippen LogP) is 4.58. The van der Waals surface area contributed by atoms with Crippen molar-refractivity contribution >= 4 is 11.6 Å². The number of hydrogen-bond acceptors (Lipinski definition) is 1. The number of nitrogens with zero attached hydrogens (tertiary/aromatic N) is 2. The van der Waals surface area contributed by atoms with Crippen molar-refractivity contribution in [3.63, 3.8) is 0 Å². The van der Waals surface area contributed by atoms with Crippen molar-refractivity contribution in [2.45, 2.75) is 70.2 Å². The Balaban J connectivity index is 1.93. The summed E-state index contributed by atoms with van der Waals surface area (Å²) >= 11 is 6.33. The first-order chi connectivity index (χ1) is 8.69. The highest BCUT2D eigenvalue weighted by molar-refractivity contribution is 6.20. The molecule has 1 heterocycles. The van der Waals surface area contributed by atoms with Crippen molar-refractivity contribution < 1.29 is 0 Å². The molecule has 3 heteroatoms. The van der Waals surface area contributed by atoms with Gasteiger partial charge in [-0.15, -0.1) is 11.6 Å². The molecular formula is C15H25ClN2. The quantitative estimate of drug-likeness (QED) is 0.577. The van der Waals surface area contributed by atoms with Gasteiger partial charge in [-0.2, -0.15) is 5.10 Å². The Bertz CT molecular complexity index is 361. The first-order valence-electron chi connectivity index (χ1n) is 7.37. The van der Waals surface area contributed by atoms with E-state index in [1.54, 1.807) is 0 Å². The topological polar surface area (TPSA) is 17.8 Å². The highest BCUT2D eigenvalue weighted by atomic mass is 35.5. The third-order valence-corrected chi connectivity index (χ3v) is 4.57. The Hall–Kier alpha value is -0.500. The summed E-state index contributed by atoms with van der Waals surface area (Å²) < 4.78 is 2.10. The minimum atomic E-state index is 0.383. The van der Waals surface area contributed by atoms with Crippen LogP contribution in [0.1, 0.15) is 64.1 Å². The first kappa shape index (κ1) is 13.9. The van der Waals surface area contributed by atoms with Gasteiger partial charge in [-0.25, -0.2) is 0 Å². The van der Waals surface area contributed by atoms with Gasteiger partial charge in [-0.1, -0.05) is 26.2 Å². The van der Waals surface area contributed by atoms with Crippen molar-refractivity contribution in [3.8, 4) is 0 Å². The molecule has 3 atom stereocenters. The van der Waals surface area contributed by atoms with Crippen molar-refractivity contribution in [1.82, 2.24) is 9.78 Å². The van der Waals surface area contributed by atoms with Gasteiger partial charge in [-0.3, -0.25) is 4.68 Å². The fraction of sp³-hybridized carbons (Fsp3) is 0.800. The smallest absolute Gasteiger partial charge is 0.0627 e. The molecular weight excluding hydrogens is 244 g/mol. The van der Waals surface area contributed by atoms with Crippen LogP contribution in [-0.4, -0.2) is 15.2 Å². The van der Waals surface area contributed by atoms with Crippen LogP contribution in [0.4, 0.5) is 0 Å². The predicted molar refractivity (Wildman–Crippen MR) is 77.1 cm³/mol. The molecule has 0 spiro atoms. The molecule has 0 saturated heterocycles. The van der Waals surface area contributed by atoms with Crippen molar-refractivity contribution in [2.24, 2.45) is 5.92 Å². The maximum atomic E-state index is 6.33. The molecule has 2 nitrogen and oxygen atoms in total. The SMILES string of the molecule is CCC(C)n1ccc(CC2CCCCC(Cl)C2)n1. The summed E-state index contributed by atoms with van der Waals surface area (Å²) in [7, 11) is 0. The summed E-state index contributed by atoms with van der Waals surface area (Å²) in [5.74, 6) is 0.732. The van der Waals surface area contributed by atoms with Gasteiger partial charge in [0.25, 0.3) is 0 Å². The van der Waals surface area contributed by atoms with Crippen LogP contribution in [0.25, 0.3) is 0 Å². The van der Waals surface area contributed by atoms with Crippen molar-refractivity contribution in [1.29, 1.82) is 0 Å². The maximum Gasteiger partial charge on any atom is 0.0627 e. The van der Waals surface area contributed by atoms with E-state index in [0.717, 1.165) is 25.2 Å². The molecule has 0 amide bonds. The second-order valence-corrected chi connectivity index (χ2v) is 6.35. The summed E-state index contributed by atoms with van der Waals surface area (Å²) in [5, 5.41) is 5.09. The lowest BCUT2D eigenvalue weighted by atomic mass is 9.95. The lowest BCUT2D eigenvalue weighted by molar-refractivity contribution is 0.439. The molecule has 1 aromatic rings. The van der Waals surface area contributed by atoms with Gasteiger partial charge in [0.1, 0.15) is 0 Å². The third kappa shape index (κ3) is 3.74. The molecule has 2 rings (SSSR count). The van der Waals surface area contributed by atoms with Gasteiger partial charge in [0, 0.05) is 17.6 Å². The highest BCUT2D eigenvalue weighted by Gasteiger charge is 2.19. The van der Waals surface area contributed by atoms with Gasteiger partial charge >= 0.3 is 0 Å². The van der Waals surface area contributed by atoms with Gasteiger partial charge < -0.3 is 0 Å².